The van der Waals surface area contributed by atoms with Crippen LogP contribution in [-0.4, -0.2) is 5.11 Å². The van der Waals surface area contributed by atoms with Gasteiger partial charge < -0.3 is 5.11 Å². The molecular weight excluding hydrogens is 186 g/mol. The summed E-state index contributed by atoms with van der Waals surface area (Å²) in [4.78, 5) is 0. The number of hydrogen-bond acceptors (Lipinski definition) is 2. The fraction of sp³-hybridized carbons (Fsp3) is 0.100. The highest BCUT2D eigenvalue weighted by molar-refractivity contribution is 6.30. The number of hydrogen-bond donors (Lipinski definition) is 1. The maximum absolute atomic E-state index is 9.46. The molecule has 1 aromatic carbocycles. The Morgan fingerprint density at radius 1 is 1.38 bits per heavy atom. The van der Waals surface area contributed by atoms with Crippen molar-refractivity contribution in [1.29, 1.82) is 5.26 Å². The Labute approximate surface area is 81.7 Å². The molecule has 3 heteroatoms. The van der Waals surface area contributed by atoms with Gasteiger partial charge in [-0.3, -0.25) is 0 Å². The van der Waals surface area contributed by atoms with Gasteiger partial charge in [0, 0.05) is 11.1 Å². The lowest BCUT2D eigenvalue weighted by Gasteiger charge is -2.04. The number of nitriles is 1. The molecule has 1 N–H and O–H groups in total. The van der Waals surface area contributed by atoms with Crippen LogP contribution in [0.5, 0.6) is 0 Å². The first kappa shape index (κ1) is 9.79. The number of nitrogens with zero attached hydrogens (tertiary/aromatic N) is 1. The van der Waals surface area contributed by atoms with Gasteiger partial charge in [-0.15, -0.1) is 0 Å². The highest BCUT2D eigenvalue weighted by Crippen LogP contribution is 2.16. The number of halogens is 1. The maximum atomic E-state index is 9.46. The van der Waals surface area contributed by atoms with Crippen molar-refractivity contribution in [3.8, 4) is 6.07 Å². The summed E-state index contributed by atoms with van der Waals surface area (Å²) in [6, 6.07) is 8.64. The quantitative estimate of drug-likeness (QED) is 0.734. The molecule has 0 spiro atoms. The van der Waals surface area contributed by atoms with Crippen LogP contribution >= 0.6 is 11.6 Å². The zero-order chi connectivity index (χ0) is 9.68. The summed E-state index contributed by atoms with van der Waals surface area (Å²) < 4.78 is 0. The highest BCUT2D eigenvalue weighted by atomic mass is 35.5. The summed E-state index contributed by atoms with van der Waals surface area (Å²) in [5.74, 6) is 0. The van der Waals surface area contributed by atoms with E-state index in [0.717, 1.165) is 5.56 Å². The lowest BCUT2D eigenvalue weighted by atomic mass is 10.1. The van der Waals surface area contributed by atoms with Crippen LogP contribution < -0.4 is 0 Å². The average molecular weight is 194 g/mol. The monoisotopic (exact) mass is 193 g/mol. The van der Waals surface area contributed by atoms with Crippen LogP contribution in [0.3, 0.4) is 0 Å². The second kappa shape index (κ2) is 4.66. The fourth-order valence-electron chi connectivity index (χ4n) is 0.905. The van der Waals surface area contributed by atoms with Crippen molar-refractivity contribution in [3.63, 3.8) is 0 Å². The lowest BCUT2D eigenvalue weighted by molar-refractivity contribution is 0.229. The normalized spacial score (nSPS) is 12.7. The van der Waals surface area contributed by atoms with E-state index in [9.17, 15) is 5.11 Å². The number of rotatable bonds is 2. The Kier molecular flexibility index (Phi) is 3.51. The third-order valence-corrected chi connectivity index (χ3v) is 1.82. The SMILES string of the molecule is N#CC=CC(O)c1ccc(Cl)cc1. The molecule has 66 valence electrons. The predicted molar refractivity (Wildman–Crippen MR) is 51.2 cm³/mol. The maximum Gasteiger partial charge on any atom is 0.0981 e. The van der Waals surface area contributed by atoms with Crippen molar-refractivity contribution in [2.45, 2.75) is 6.10 Å². The minimum Gasteiger partial charge on any atom is -0.384 e. The standard InChI is InChI=1S/C10H8ClNO/c11-9-5-3-8(4-6-9)10(13)2-1-7-12/h1-6,10,13H. The van der Waals surface area contributed by atoms with Crippen molar-refractivity contribution in [1.82, 2.24) is 0 Å². The summed E-state index contributed by atoms with van der Waals surface area (Å²) in [6.07, 6.45) is 1.93. The van der Waals surface area contributed by atoms with Crippen molar-refractivity contribution in [3.05, 3.63) is 47.0 Å². The number of aliphatic hydroxyl groups is 1. The molecule has 0 aliphatic heterocycles. The number of allylic oxidation sites excluding steroid dienone is 1. The van der Waals surface area contributed by atoms with Crippen molar-refractivity contribution in [2.75, 3.05) is 0 Å². The molecule has 0 heterocycles. The molecule has 1 atom stereocenters. The van der Waals surface area contributed by atoms with Crippen LogP contribution in [0.15, 0.2) is 36.4 Å². The molecule has 13 heavy (non-hydrogen) atoms. The van der Waals surface area contributed by atoms with Gasteiger partial charge in [-0.1, -0.05) is 23.7 Å². The second-order valence-electron chi connectivity index (χ2n) is 2.48. The molecule has 1 aromatic rings. The van der Waals surface area contributed by atoms with Gasteiger partial charge in [0.25, 0.3) is 0 Å². The minimum absolute atomic E-state index is 0.625. The Bertz CT molecular complexity index is 337. The van der Waals surface area contributed by atoms with Gasteiger partial charge in [-0.2, -0.15) is 5.26 Å². The Balaban J connectivity index is 2.78. The molecule has 0 aromatic heterocycles. The Morgan fingerprint density at radius 3 is 2.54 bits per heavy atom. The van der Waals surface area contributed by atoms with E-state index in [4.69, 9.17) is 16.9 Å². The third kappa shape index (κ3) is 2.90. The summed E-state index contributed by atoms with van der Waals surface area (Å²) in [5, 5.41) is 18.3. The van der Waals surface area contributed by atoms with Gasteiger partial charge in [0.2, 0.25) is 0 Å². The van der Waals surface area contributed by atoms with Gasteiger partial charge in [-0.25, -0.2) is 0 Å². The number of benzene rings is 1. The van der Waals surface area contributed by atoms with E-state index in [0.29, 0.717) is 5.02 Å². The van der Waals surface area contributed by atoms with Crippen molar-refractivity contribution >= 4 is 11.6 Å². The number of aliphatic hydroxyl groups excluding tert-OH is 1. The van der Waals surface area contributed by atoms with Gasteiger partial charge in [0.05, 0.1) is 12.2 Å². The van der Waals surface area contributed by atoms with E-state index in [-0.39, 0.29) is 0 Å². The van der Waals surface area contributed by atoms with E-state index in [1.54, 1.807) is 24.3 Å². The summed E-state index contributed by atoms with van der Waals surface area (Å²) >= 11 is 5.67. The van der Waals surface area contributed by atoms with Crippen LogP contribution in [-0.2, 0) is 0 Å². The first-order valence-electron chi connectivity index (χ1n) is 3.74. The third-order valence-electron chi connectivity index (χ3n) is 1.56. The molecular formula is C10H8ClNO. The van der Waals surface area contributed by atoms with Gasteiger partial charge >= 0.3 is 0 Å². The van der Waals surface area contributed by atoms with Gasteiger partial charge in [-0.05, 0) is 23.8 Å². The minimum atomic E-state index is -0.739. The zero-order valence-corrected chi connectivity index (χ0v) is 7.57. The van der Waals surface area contributed by atoms with Crippen molar-refractivity contribution < 1.29 is 5.11 Å². The van der Waals surface area contributed by atoms with E-state index in [1.807, 2.05) is 6.07 Å². The van der Waals surface area contributed by atoms with Crippen molar-refractivity contribution in [2.24, 2.45) is 0 Å². The fourth-order valence-corrected chi connectivity index (χ4v) is 1.03. The first-order valence-corrected chi connectivity index (χ1v) is 4.11. The first-order chi connectivity index (χ1) is 6.24. The molecule has 0 aliphatic rings. The van der Waals surface area contributed by atoms with E-state index < -0.39 is 6.10 Å². The van der Waals surface area contributed by atoms with Crippen LogP contribution in [0.25, 0.3) is 0 Å². The van der Waals surface area contributed by atoms with Gasteiger partial charge in [0.15, 0.2) is 0 Å². The van der Waals surface area contributed by atoms with Crippen LogP contribution in [0.1, 0.15) is 11.7 Å². The molecule has 0 saturated carbocycles. The largest absolute Gasteiger partial charge is 0.384 e. The summed E-state index contributed by atoms with van der Waals surface area (Å²) in [5.41, 5.74) is 0.718. The topological polar surface area (TPSA) is 44.0 Å². The summed E-state index contributed by atoms with van der Waals surface area (Å²) in [7, 11) is 0. The Hall–Kier alpha value is -1.30. The zero-order valence-electron chi connectivity index (χ0n) is 6.81. The molecule has 1 unspecified atom stereocenters. The molecule has 0 aliphatic carbocycles. The average Bonchev–Trinajstić information content (AvgIpc) is 2.15. The molecule has 0 bridgehead atoms. The smallest absolute Gasteiger partial charge is 0.0981 e. The predicted octanol–water partition coefficient (Wildman–Crippen LogP) is 2.45. The lowest BCUT2D eigenvalue weighted by Crippen LogP contribution is -1.91. The van der Waals surface area contributed by atoms with E-state index in [2.05, 4.69) is 0 Å². The van der Waals surface area contributed by atoms with Crippen LogP contribution in [0.2, 0.25) is 5.02 Å². The molecule has 0 radical (unpaired) electrons. The highest BCUT2D eigenvalue weighted by Gasteiger charge is 2.01. The van der Waals surface area contributed by atoms with E-state index in [1.165, 1.54) is 12.2 Å². The second-order valence-corrected chi connectivity index (χ2v) is 2.92. The Morgan fingerprint density at radius 2 is 2.00 bits per heavy atom. The van der Waals surface area contributed by atoms with E-state index >= 15 is 0 Å². The molecule has 0 amide bonds. The molecule has 2 nitrogen and oxygen atoms in total. The molecule has 0 fully saturated rings. The van der Waals surface area contributed by atoms with Crippen LogP contribution in [0.4, 0.5) is 0 Å². The van der Waals surface area contributed by atoms with Gasteiger partial charge in [0.1, 0.15) is 0 Å². The van der Waals surface area contributed by atoms with Crippen LogP contribution in [0, 0.1) is 11.3 Å². The summed E-state index contributed by atoms with van der Waals surface area (Å²) in [6.45, 7) is 0. The molecule has 1 rings (SSSR count). The molecule has 0 saturated heterocycles.